The Morgan fingerprint density at radius 2 is 2.00 bits per heavy atom. The van der Waals surface area contributed by atoms with Gasteiger partial charge in [-0.1, -0.05) is 13.0 Å². The summed E-state index contributed by atoms with van der Waals surface area (Å²) in [6, 6.07) is 5.77. The molecule has 21 heavy (non-hydrogen) atoms. The number of halogens is 3. The highest BCUT2D eigenvalue weighted by Gasteiger charge is 2.37. The Bertz CT molecular complexity index is 609. The molecule has 1 aromatic rings. The number of methoxy groups -OCH3 is 1. The lowest BCUT2D eigenvalue weighted by molar-refractivity contribution is 0.0562. The lowest BCUT2D eigenvalue weighted by Crippen LogP contribution is -2.35. The van der Waals surface area contributed by atoms with E-state index < -0.39 is 23.4 Å². The van der Waals surface area contributed by atoms with E-state index in [0.29, 0.717) is 6.42 Å². The molecule has 0 radical (unpaired) electrons. The zero-order valence-electron chi connectivity index (χ0n) is 11.3. The maximum Gasteiger partial charge on any atom is 0.253 e. The van der Waals surface area contributed by atoms with Gasteiger partial charge in [0, 0.05) is 12.7 Å². The van der Waals surface area contributed by atoms with Crippen LogP contribution >= 0.6 is 47.8 Å². The molecule has 0 bridgehead atoms. The summed E-state index contributed by atoms with van der Waals surface area (Å²) in [6.45, 7) is 1.87. The van der Waals surface area contributed by atoms with E-state index in [2.05, 4.69) is 53.1 Å². The number of ether oxygens (including phenoxy) is 1. The Labute approximate surface area is 149 Å². The predicted molar refractivity (Wildman–Crippen MR) is 91.7 cm³/mol. The van der Waals surface area contributed by atoms with Crippen LogP contribution in [0.1, 0.15) is 23.7 Å². The Balaban J connectivity index is 3.10. The molecule has 1 rings (SSSR count). The van der Waals surface area contributed by atoms with Crippen molar-refractivity contribution in [2.75, 3.05) is 7.11 Å². The predicted octanol–water partition coefficient (Wildman–Crippen LogP) is 3.37. The van der Waals surface area contributed by atoms with Crippen molar-refractivity contribution < 1.29 is 17.9 Å². The fraction of sp³-hybridized carbons (Fsp3) is 0.417. The number of hydrogen-bond acceptors (Lipinski definition) is 4. The zero-order chi connectivity index (χ0) is 16.3. The first-order valence-corrected chi connectivity index (χ1v) is 9.74. The van der Waals surface area contributed by atoms with Crippen molar-refractivity contribution in [1.82, 2.24) is 5.32 Å². The normalized spacial score (nSPS) is 13.8. The number of rotatable bonds is 5. The quantitative estimate of drug-likeness (QED) is 0.490. The molecular weight excluding hydrogens is 494 g/mol. The SMILES string of the molecule is CCC(NC(=O)c1cccc(S(=O)(=O)C(Br)(Br)Br)c1)OC. The fourth-order valence-corrected chi connectivity index (χ4v) is 3.98. The summed E-state index contributed by atoms with van der Waals surface area (Å²) in [5.74, 6) is -0.398. The second-order valence-corrected chi connectivity index (χ2v) is 14.5. The molecule has 0 aliphatic heterocycles. The molecule has 0 heterocycles. The number of nitrogens with one attached hydrogen (secondary N) is 1. The molecule has 118 valence electrons. The van der Waals surface area contributed by atoms with Crippen LogP contribution in [0, 0.1) is 0 Å². The molecule has 1 atom stereocenters. The molecule has 0 spiro atoms. The van der Waals surface area contributed by atoms with Gasteiger partial charge in [-0.2, -0.15) is 0 Å². The average Bonchev–Trinajstić information content (AvgIpc) is 2.43. The van der Waals surface area contributed by atoms with E-state index in [1.54, 1.807) is 0 Å². The van der Waals surface area contributed by atoms with Gasteiger partial charge in [-0.25, -0.2) is 8.42 Å². The number of hydrogen-bond donors (Lipinski definition) is 1. The average molecular weight is 508 g/mol. The molecule has 0 saturated heterocycles. The minimum Gasteiger partial charge on any atom is -0.362 e. The van der Waals surface area contributed by atoms with Gasteiger partial charge in [0.05, 0.1) is 4.90 Å². The second-order valence-electron chi connectivity index (χ2n) is 4.08. The minimum atomic E-state index is -3.73. The molecule has 0 aromatic heterocycles. The third-order valence-corrected chi connectivity index (χ3v) is 7.98. The Morgan fingerprint density at radius 1 is 1.38 bits per heavy atom. The minimum absolute atomic E-state index is 0.00578. The first-order valence-electron chi connectivity index (χ1n) is 5.88. The van der Waals surface area contributed by atoms with E-state index in [-0.39, 0.29) is 10.5 Å². The van der Waals surface area contributed by atoms with Gasteiger partial charge in [-0.15, -0.1) is 0 Å². The summed E-state index contributed by atoms with van der Waals surface area (Å²) < 4.78 is 28.1. The van der Waals surface area contributed by atoms with Gasteiger partial charge in [0.25, 0.3) is 5.91 Å². The second kappa shape index (κ2) is 7.54. The Hall–Kier alpha value is 0.0400. The number of amides is 1. The summed E-state index contributed by atoms with van der Waals surface area (Å²) in [7, 11) is -2.24. The van der Waals surface area contributed by atoms with Gasteiger partial charge in [0.15, 0.2) is 0 Å². The molecule has 1 unspecified atom stereocenters. The lowest BCUT2D eigenvalue weighted by atomic mass is 10.2. The van der Waals surface area contributed by atoms with E-state index in [1.165, 1.54) is 31.4 Å². The van der Waals surface area contributed by atoms with E-state index in [0.717, 1.165) is 0 Å². The van der Waals surface area contributed by atoms with Crippen molar-refractivity contribution in [2.45, 2.75) is 25.9 Å². The zero-order valence-corrected chi connectivity index (χ0v) is 16.8. The van der Waals surface area contributed by atoms with Crippen molar-refractivity contribution in [1.29, 1.82) is 0 Å². The largest absolute Gasteiger partial charge is 0.362 e. The molecule has 0 aliphatic rings. The van der Waals surface area contributed by atoms with Crippen LogP contribution in [0.5, 0.6) is 0 Å². The third kappa shape index (κ3) is 4.75. The molecule has 1 aromatic carbocycles. The number of carbonyl (C=O) groups excluding carboxylic acids is 1. The van der Waals surface area contributed by atoms with E-state index in [9.17, 15) is 13.2 Å². The van der Waals surface area contributed by atoms with Crippen LogP contribution in [0.25, 0.3) is 0 Å². The molecular formula is C12H14Br3NO4S. The van der Waals surface area contributed by atoms with Gasteiger partial charge in [0.2, 0.25) is 11.3 Å². The maximum atomic E-state index is 12.3. The van der Waals surface area contributed by atoms with Crippen molar-refractivity contribution >= 4 is 63.5 Å². The van der Waals surface area contributed by atoms with E-state index in [1.807, 2.05) is 6.92 Å². The van der Waals surface area contributed by atoms with Gasteiger partial charge in [-0.3, -0.25) is 4.79 Å². The molecule has 0 fully saturated rings. The highest BCUT2D eigenvalue weighted by Crippen LogP contribution is 2.43. The van der Waals surface area contributed by atoms with Crippen molar-refractivity contribution in [3.63, 3.8) is 0 Å². The molecule has 0 aliphatic carbocycles. The highest BCUT2D eigenvalue weighted by atomic mass is 80.0. The van der Waals surface area contributed by atoms with Crippen LogP contribution in [0.2, 0.25) is 0 Å². The van der Waals surface area contributed by atoms with Crippen LogP contribution in [0.15, 0.2) is 29.2 Å². The molecule has 9 heteroatoms. The summed E-state index contributed by atoms with van der Waals surface area (Å²) in [5.41, 5.74) is 0.239. The highest BCUT2D eigenvalue weighted by molar-refractivity contribution is 9.42. The van der Waals surface area contributed by atoms with Crippen LogP contribution < -0.4 is 5.32 Å². The number of benzene rings is 1. The molecule has 0 saturated carbocycles. The first-order chi connectivity index (χ1) is 9.63. The summed E-state index contributed by atoms with van der Waals surface area (Å²) in [5, 5.41) is 2.66. The summed E-state index contributed by atoms with van der Waals surface area (Å²) in [4.78, 5) is 12.1. The third-order valence-electron chi connectivity index (χ3n) is 2.66. The standard InChI is InChI=1S/C12H14Br3NO4S/c1-3-10(20-2)16-11(17)8-5-4-6-9(7-8)21(18,19)12(13,14)15/h4-7,10H,3H2,1-2H3,(H,16,17). The number of carbonyl (C=O) groups is 1. The van der Waals surface area contributed by atoms with Gasteiger partial charge in [-0.05, 0) is 72.4 Å². The Morgan fingerprint density at radius 3 is 2.48 bits per heavy atom. The molecule has 1 N–H and O–H groups in total. The van der Waals surface area contributed by atoms with Crippen molar-refractivity contribution in [3.05, 3.63) is 29.8 Å². The van der Waals surface area contributed by atoms with E-state index in [4.69, 9.17) is 4.74 Å². The monoisotopic (exact) mass is 505 g/mol. The van der Waals surface area contributed by atoms with Gasteiger partial charge >= 0.3 is 0 Å². The molecule has 1 amide bonds. The molecule has 5 nitrogen and oxygen atoms in total. The van der Waals surface area contributed by atoms with Crippen LogP contribution in [0.4, 0.5) is 0 Å². The maximum absolute atomic E-state index is 12.3. The van der Waals surface area contributed by atoms with Crippen LogP contribution in [-0.2, 0) is 14.6 Å². The topological polar surface area (TPSA) is 72.5 Å². The summed E-state index contributed by atoms with van der Waals surface area (Å²) >= 11 is 8.96. The van der Waals surface area contributed by atoms with Crippen LogP contribution in [0.3, 0.4) is 0 Å². The van der Waals surface area contributed by atoms with Crippen molar-refractivity contribution in [3.8, 4) is 0 Å². The number of sulfone groups is 1. The fourth-order valence-electron chi connectivity index (χ4n) is 1.50. The van der Waals surface area contributed by atoms with Gasteiger partial charge in [0.1, 0.15) is 6.23 Å². The van der Waals surface area contributed by atoms with Crippen LogP contribution in [-0.4, -0.2) is 29.1 Å². The summed E-state index contributed by atoms with van der Waals surface area (Å²) in [6.07, 6.45) is 0.188. The lowest BCUT2D eigenvalue weighted by Gasteiger charge is -2.16. The first kappa shape index (κ1) is 19.1. The van der Waals surface area contributed by atoms with E-state index >= 15 is 0 Å². The Kier molecular flexibility index (Phi) is 6.85. The number of alkyl halides is 3. The van der Waals surface area contributed by atoms with Crippen molar-refractivity contribution in [2.24, 2.45) is 0 Å². The van der Waals surface area contributed by atoms with Gasteiger partial charge < -0.3 is 10.1 Å². The smallest absolute Gasteiger partial charge is 0.253 e.